The molecule has 1 atom stereocenters. The van der Waals surface area contributed by atoms with Crippen molar-refractivity contribution in [3.8, 4) is 11.5 Å². The molecule has 44 heavy (non-hydrogen) atoms. The van der Waals surface area contributed by atoms with Crippen LogP contribution in [-0.2, 0) is 26.2 Å². The first-order valence-electron chi connectivity index (χ1n) is 14.3. The molecule has 0 bridgehead atoms. The fourth-order valence-electron chi connectivity index (χ4n) is 4.60. The molecule has 3 rings (SSSR count). The van der Waals surface area contributed by atoms with Crippen LogP contribution in [0.2, 0.25) is 10.0 Å². The molecule has 0 fully saturated rings. The van der Waals surface area contributed by atoms with E-state index in [9.17, 15) is 18.0 Å². The van der Waals surface area contributed by atoms with Crippen molar-refractivity contribution in [1.82, 2.24) is 10.2 Å². The number of ether oxygens (including phenoxy) is 2. The molecule has 0 radical (unpaired) electrons. The van der Waals surface area contributed by atoms with Crippen molar-refractivity contribution in [2.24, 2.45) is 0 Å². The molecule has 0 aliphatic rings. The van der Waals surface area contributed by atoms with Crippen molar-refractivity contribution in [3.05, 3.63) is 81.8 Å². The minimum atomic E-state index is -4.30. The van der Waals surface area contributed by atoms with Crippen LogP contribution in [0.1, 0.15) is 44.2 Å². The van der Waals surface area contributed by atoms with Gasteiger partial charge < -0.3 is 19.7 Å². The van der Waals surface area contributed by atoms with Gasteiger partial charge in [-0.25, -0.2) is 8.42 Å². The molecule has 3 aromatic carbocycles. The highest BCUT2D eigenvalue weighted by Gasteiger charge is 2.34. The molecule has 0 heterocycles. The summed E-state index contributed by atoms with van der Waals surface area (Å²) in [5, 5.41) is 3.65. The summed E-state index contributed by atoms with van der Waals surface area (Å²) in [6, 6.07) is 15.0. The first-order valence-corrected chi connectivity index (χ1v) is 16.5. The van der Waals surface area contributed by atoms with Crippen LogP contribution >= 0.6 is 23.2 Å². The maximum absolute atomic E-state index is 14.2. The van der Waals surface area contributed by atoms with Crippen molar-refractivity contribution >= 4 is 50.7 Å². The van der Waals surface area contributed by atoms with E-state index in [1.165, 1.54) is 37.3 Å². The normalized spacial score (nSPS) is 11.9. The van der Waals surface area contributed by atoms with Crippen LogP contribution in [0.25, 0.3) is 0 Å². The Hall–Kier alpha value is -3.47. The van der Waals surface area contributed by atoms with E-state index < -0.39 is 28.5 Å². The Balaban J connectivity index is 2.09. The standard InChI is InChI=1S/C32H39Cl2N3O6S/c1-6-8-17-35-32(39)28(7-2)36(20-23-11-12-24(33)18-27(23)34)31(38)21-37(25-13-9-22(3)10-14-25)44(40,41)26-15-16-29(42-4)30(19-26)43-5/h9-16,18-19,28H,6-8,17,20-21H2,1-5H3,(H,35,39)/t28-/m0/s1. The van der Waals surface area contributed by atoms with Crippen LogP contribution in [0.4, 0.5) is 5.69 Å². The van der Waals surface area contributed by atoms with E-state index >= 15 is 0 Å². The third kappa shape index (κ3) is 8.58. The number of nitrogens with one attached hydrogen (secondary N) is 1. The predicted octanol–water partition coefficient (Wildman–Crippen LogP) is 6.24. The van der Waals surface area contributed by atoms with Crippen LogP contribution in [0.5, 0.6) is 11.5 Å². The molecule has 0 saturated heterocycles. The van der Waals surface area contributed by atoms with Gasteiger partial charge in [-0.1, -0.05) is 67.2 Å². The first-order chi connectivity index (χ1) is 21.0. The van der Waals surface area contributed by atoms with E-state index in [1.807, 2.05) is 13.8 Å². The summed E-state index contributed by atoms with van der Waals surface area (Å²) in [5.74, 6) is -0.338. The first kappa shape index (κ1) is 35.0. The Morgan fingerprint density at radius 3 is 2.20 bits per heavy atom. The number of unbranched alkanes of at least 4 members (excludes halogenated alkanes) is 1. The molecule has 0 unspecified atom stereocenters. The second kappa shape index (κ2) is 16.0. The molecule has 3 aromatic rings. The molecule has 0 aromatic heterocycles. The SMILES string of the molecule is CCCCNC(=O)[C@H](CC)N(Cc1ccc(Cl)cc1Cl)C(=O)CN(c1ccc(C)cc1)S(=O)(=O)c1ccc(OC)c(OC)c1. The Bertz CT molecular complexity index is 1550. The number of methoxy groups -OCH3 is 2. The molecule has 2 amide bonds. The lowest BCUT2D eigenvalue weighted by molar-refractivity contribution is -0.140. The number of carbonyl (C=O) groups is 2. The van der Waals surface area contributed by atoms with Crippen molar-refractivity contribution < 1.29 is 27.5 Å². The third-order valence-electron chi connectivity index (χ3n) is 7.12. The predicted molar refractivity (Wildman–Crippen MR) is 174 cm³/mol. The van der Waals surface area contributed by atoms with Gasteiger partial charge in [-0.3, -0.25) is 13.9 Å². The molecular formula is C32H39Cl2N3O6S. The number of carbonyl (C=O) groups excluding carboxylic acids is 2. The van der Waals surface area contributed by atoms with Gasteiger partial charge in [0, 0.05) is 29.2 Å². The number of aryl methyl sites for hydroxylation is 1. The number of anilines is 1. The molecule has 0 saturated carbocycles. The average molecular weight is 665 g/mol. The van der Waals surface area contributed by atoms with Gasteiger partial charge in [0.05, 0.1) is 24.8 Å². The second-order valence-electron chi connectivity index (χ2n) is 10.2. The number of rotatable bonds is 15. The molecule has 0 aliphatic carbocycles. The monoisotopic (exact) mass is 663 g/mol. The molecule has 9 nitrogen and oxygen atoms in total. The Labute approximate surface area is 270 Å². The molecule has 238 valence electrons. The van der Waals surface area contributed by atoms with Gasteiger partial charge in [0.15, 0.2) is 11.5 Å². The fraction of sp³-hybridized carbons (Fsp3) is 0.375. The number of nitrogens with zero attached hydrogens (tertiary/aromatic N) is 2. The summed E-state index contributed by atoms with van der Waals surface area (Å²) in [5.41, 5.74) is 1.76. The fourth-order valence-corrected chi connectivity index (χ4v) is 6.50. The zero-order valence-electron chi connectivity index (χ0n) is 25.6. The van der Waals surface area contributed by atoms with Crippen molar-refractivity contribution in [2.45, 2.75) is 57.5 Å². The Kier molecular flexibility index (Phi) is 12.7. The molecule has 0 spiro atoms. The number of amides is 2. The van der Waals surface area contributed by atoms with Gasteiger partial charge >= 0.3 is 0 Å². The van der Waals surface area contributed by atoms with Crippen LogP contribution in [0, 0.1) is 6.92 Å². The highest BCUT2D eigenvalue weighted by Crippen LogP contribution is 2.33. The van der Waals surface area contributed by atoms with Crippen LogP contribution in [0.15, 0.2) is 65.6 Å². The largest absolute Gasteiger partial charge is 0.493 e. The number of hydrogen-bond donors (Lipinski definition) is 1. The third-order valence-corrected chi connectivity index (χ3v) is 9.47. The second-order valence-corrected chi connectivity index (χ2v) is 12.9. The number of sulfonamides is 1. The maximum atomic E-state index is 14.2. The van der Waals surface area contributed by atoms with Crippen LogP contribution in [-0.4, -0.2) is 58.5 Å². The summed E-state index contributed by atoms with van der Waals surface area (Å²) >= 11 is 12.6. The highest BCUT2D eigenvalue weighted by atomic mass is 35.5. The van der Waals surface area contributed by atoms with Gasteiger partial charge in [0.25, 0.3) is 10.0 Å². The van der Waals surface area contributed by atoms with E-state index in [4.69, 9.17) is 32.7 Å². The molecule has 0 aliphatic heterocycles. The summed E-state index contributed by atoms with van der Waals surface area (Å²) in [4.78, 5) is 28.9. The summed E-state index contributed by atoms with van der Waals surface area (Å²) < 4.78 is 40.0. The van der Waals surface area contributed by atoms with Crippen LogP contribution in [0.3, 0.4) is 0 Å². The summed E-state index contributed by atoms with van der Waals surface area (Å²) in [6.07, 6.45) is 1.96. The quantitative estimate of drug-likeness (QED) is 0.193. The summed E-state index contributed by atoms with van der Waals surface area (Å²) in [6.45, 7) is 5.53. The van der Waals surface area contributed by atoms with Gasteiger partial charge in [-0.15, -0.1) is 0 Å². The zero-order chi connectivity index (χ0) is 32.4. The van der Waals surface area contributed by atoms with Crippen LogP contribution < -0.4 is 19.1 Å². The van der Waals surface area contributed by atoms with E-state index in [0.717, 1.165) is 22.7 Å². The maximum Gasteiger partial charge on any atom is 0.264 e. The smallest absolute Gasteiger partial charge is 0.264 e. The lowest BCUT2D eigenvalue weighted by atomic mass is 10.1. The number of benzene rings is 3. The molecule has 1 N–H and O–H groups in total. The van der Waals surface area contributed by atoms with Gasteiger partial charge in [0.2, 0.25) is 11.8 Å². The van der Waals surface area contributed by atoms with E-state index in [-0.39, 0.29) is 28.8 Å². The Morgan fingerprint density at radius 2 is 1.61 bits per heavy atom. The number of hydrogen-bond acceptors (Lipinski definition) is 6. The van der Waals surface area contributed by atoms with Crippen molar-refractivity contribution in [2.75, 3.05) is 31.6 Å². The van der Waals surface area contributed by atoms with Gasteiger partial charge in [-0.05, 0) is 61.7 Å². The van der Waals surface area contributed by atoms with E-state index in [2.05, 4.69) is 5.32 Å². The average Bonchev–Trinajstić information content (AvgIpc) is 3.00. The molecule has 12 heteroatoms. The van der Waals surface area contributed by atoms with Crippen molar-refractivity contribution in [1.29, 1.82) is 0 Å². The summed E-state index contributed by atoms with van der Waals surface area (Å²) in [7, 11) is -1.44. The Morgan fingerprint density at radius 1 is 0.932 bits per heavy atom. The lowest BCUT2D eigenvalue weighted by Gasteiger charge is -2.33. The van der Waals surface area contributed by atoms with Gasteiger partial charge in [0.1, 0.15) is 12.6 Å². The van der Waals surface area contributed by atoms with E-state index in [1.54, 1.807) is 49.4 Å². The lowest BCUT2D eigenvalue weighted by Crippen LogP contribution is -2.52. The zero-order valence-corrected chi connectivity index (χ0v) is 27.9. The van der Waals surface area contributed by atoms with Gasteiger partial charge in [-0.2, -0.15) is 0 Å². The van der Waals surface area contributed by atoms with E-state index in [0.29, 0.717) is 34.3 Å². The minimum Gasteiger partial charge on any atom is -0.493 e. The molecular weight excluding hydrogens is 625 g/mol. The number of halogens is 2. The topological polar surface area (TPSA) is 105 Å². The minimum absolute atomic E-state index is 0.0350. The van der Waals surface area contributed by atoms with Crippen molar-refractivity contribution in [3.63, 3.8) is 0 Å². The highest BCUT2D eigenvalue weighted by molar-refractivity contribution is 7.92.